The molecule has 0 aliphatic rings. The molecule has 0 unspecified atom stereocenters. The number of furan rings is 1. The van der Waals surface area contributed by atoms with Crippen LogP contribution in [0.15, 0.2) is 35.3 Å². The molecule has 4 heteroatoms. The van der Waals surface area contributed by atoms with Crippen LogP contribution in [0.4, 0.5) is 5.95 Å². The smallest absolute Gasteiger partial charge is 0.223 e. The molecule has 2 rings (SSSR count). The van der Waals surface area contributed by atoms with Crippen molar-refractivity contribution in [3.05, 3.63) is 42.1 Å². The monoisotopic (exact) mass is 189 g/mol. The summed E-state index contributed by atoms with van der Waals surface area (Å²) in [5.74, 6) is 0.645. The molecular formula is C10H11N3O. The predicted octanol–water partition coefficient (Wildman–Crippen LogP) is 1.99. The van der Waals surface area contributed by atoms with Crippen molar-refractivity contribution in [2.24, 2.45) is 0 Å². The van der Waals surface area contributed by atoms with Gasteiger partial charge in [-0.25, -0.2) is 9.97 Å². The first-order chi connectivity index (χ1) is 6.84. The number of nitrogens with zero attached hydrogens (tertiary/aromatic N) is 2. The third kappa shape index (κ3) is 2.10. The van der Waals surface area contributed by atoms with E-state index in [2.05, 4.69) is 15.3 Å². The molecule has 0 aromatic carbocycles. The zero-order valence-corrected chi connectivity index (χ0v) is 7.90. The number of aryl methyl sites for hydroxylation is 1. The Morgan fingerprint density at radius 3 is 3.07 bits per heavy atom. The van der Waals surface area contributed by atoms with Gasteiger partial charge in [0.05, 0.1) is 12.5 Å². The molecule has 1 N–H and O–H groups in total. The largest absolute Gasteiger partial charge is 0.472 e. The highest BCUT2D eigenvalue weighted by molar-refractivity contribution is 5.26. The van der Waals surface area contributed by atoms with Crippen LogP contribution in [-0.4, -0.2) is 9.97 Å². The van der Waals surface area contributed by atoms with Crippen LogP contribution in [0, 0.1) is 6.92 Å². The van der Waals surface area contributed by atoms with Crippen LogP contribution in [0.5, 0.6) is 0 Å². The second-order valence-corrected chi connectivity index (χ2v) is 3.01. The van der Waals surface area contributed by atoms with Gasteiger partial charge < -0.3 is 9.73 Å². The first kappa shape index (κ1) is 8.74. The van der Waals surface area contributed by atoms with E-state index < -0.39 is 0 Å². The summed E-state index contributed by atoms with van der Waals surface area (Å²) in [4.78, 5) is 8.31. The number of nitrogens with one attached hydrogen (secondary N) is 1. The fourth-order valence-corrected chi connectivity index (χ4v) is 1.11. The normalized spacial score (nSPS) is 10.1. The molecule has 0 saturated carbocycles. The Hall–Kier alpha value is -1.84. The maximum Gasteiger partial charge on any atom is 0.223 e. The molecular weight excluding hydrogens is 178 g/mol. The lowest BCUT2D eigenvalue weighted by Crippen LogP contribution is -2.02. The van der Waals surface area contributed by atoms with Crippen LogP contribution < -0.4 is 5.32 Å². The zero-order chi connectivity index (χ0) is 9.80. The molecule has 2 aromatic heterocycles. The zero-order valence-electron chi connectivity index (χ0n) is 7.90. The maximum atomic E-state index is 4.95. The van der Waals surface area contributed by atoms with Crippen LogP contribution in [0.25, 0.3) is 0 Å². The Bertz CT molecular complexity index is 398. The Balaban J connectivity index is 1.98. The van der Waals surface area contributed by atoms with Crippen molar-refractivity contribution in [3.63, 3.8) is 0 Å². The topological polar surface area (TPSA) is 51.0 Å². The van der Waals surface area contributed by atoms with Gasteiger partial charge in [-0.05, 0) is 19.1 Å². The van der Waals surface area contributed by atoms with E-state index >= 15 is 0 Å². The van der Waals surface area contributed by atoms with E-state index in [-0.39, 0.29) is 0 Å². The number of aromatic nitrogens is 2. The van der Waals surface area contributed by atoms with Crippen molar-refractivity contribution in [3.8, 4) is 0 Å². The molecule has 0 aliphatic carbocycles. The van der Waals surface area contributed by atoms with Gasteiger partial charge in [-0.3, -0.25) is 0 Å². The van der Waals surface area contributed by atoms with Crippen LogP contribution in [0.1, 0.15) is 11.3 Å². The van der Waals surface area contributed by atoms with Crippen molar-refractivity contribution >= 4 is 5.95 Å². The van der Waals surface area contributed by atoms with E-state index in [0.29, 0.717) is 12.5 Å². The van der Waals surface area contributed by atoms with Crippen LogP contribution in [0.2, 0.25) is 0 Å². The Morgan fingerprint density at radius 1 is 1.43 bits per heavy atom. The van der Waals surface area contributed by atoms with Crippen molar-refractivity contribution in [2.45, 2.75) is 13.5 Å². The van der Waals surface area contributed by atoms with Gasteiger partial charge in [0.15, 0.2) is 0 Å². The van der Waals surface area contributed by atoms with Crippen molar-refractivity contribution in [1.29, 1.82) is 0 Å². The quantitative estimate of drug-likeness (QED) is 0.802. The number of rotatable bonds is 3. The molecule has 0 saturated heterocycles. The van der Waals surface area contributed by atoms with Gasteiger partial charge in [0.25, 0.3) is 0 Å². The average Bonchev–Trinajstić information content (AvgIpc) is 2.67. The SMILES string of the molecule is Cc1ccnc(NCc2ccoc2)n1. The molecule has 2 heterocycles. The van der Waals surface area contributed by atoms with Crippen molar-refractivity contribution in [2.75, 3.05) is 5.32 Å². The lowest BCUT2D eigenvalue weighted by atomic mass is 10.3. The lowest BCUT2D eigenvalue weighted by molar-refractivity contribution is 0.564. The molecule has 0 fully saturated rings. The van der Waals surface area contributed by atoms with Gasteiger partial charge >= 0.3 is 0 Å². The molecule has 0 atom stereocenters. The highest BCUT2D eigenvalue weighted by Crippen LogP contribution is 2.04. The summed E-state index contributed by atoms with van der Waals surface area (Å²) in [6.07, 6.45) is 5.08. The summed E-state index contributed by atoms with van der Waals surface area (Å²) in [5.41, 5.74) is 2.03. The highest BCUT2D eigenvalue weighted by atomic mass is 16.3. The molecule has 0 radical (unpaired) electrons. The molecule has 14 heavy (non-hydrogen) atoms. The Morgan fingerprint density at radius 2 is 2.36 bits per heavy atom. The van der Waals surface area contributed by atoms with Crippen molar-refractivity contribution in [1.82, 2.24) is 9.97 Å². The summed E-state index contributed by atoms with van der Waals surface area (Å²) in [5, 5.41) is 3.11. The number of hydrogen-bond acceptors (Lipinski definition) is 4. The minimum Gasteiger partial charge on any atom is -0.472 e. The summed E-state index contributed by atoms with van der Waals surface area (Å²) < 4.78 is 4.95. The van der Waals surface area contributed by atoms with Crippen LogP contribution >= 0.6 is 0 Å². The molecule has 2 aromatic rings. The van der Waals surface area contributed by atoms with Gasteiger partial charge in [0.2, 0.25) is 5.95 Å². The molecule has 0 bridgehead atoms. The fourth-order valence-electron chi connectivity index (χ4n) is 1.11. The van der Waals surface area contributed by atoms with Gasteiger partial charge in [-0.1, -0.05) is 0 Å². The van der Waals surface area contributed by atoms with E-state index in [0.717, 1.165) is 11.3 Å². The second-order valence-electron chi connectivity index (χ2n) is 3.01. The fraction of sp³-hybridized carbons (Fsp3) is 0.200. The summed E-state index contributed by atoms with van der Waals surface area (Å²) in [7, 11) is 0. The van der Waals surface area contributed by atoms with Crippen molar-refractivity contribution < 1.29 is 4.42 Å². The third-order valence-corrected chi connectivity index (χ3v) is 1.83. The minimum absolute atomic E-state index is 0.645. The summed E-state index contributed by atoms with van der Waals surface area (Å²) in [6, 6.07) is 3.77. The predicted molar refractivity (Wildman–Crippen MR) is 52.8 cm³/mol. The van der Waals surface area contributed by atoms with Crippen LogP contribution in [0.3, 0.4) is 0 Å². The van der Waals surface area contributed by atoms with E-state index in [9.17, 15) is 0 Å². The van der Waals surface area contributed by atoms with E-state index in [1.807, 2.05) is 19.1 Å². The number of hydrogen-bond donors (Lipinski definition) is 1. The molecule has 0 aliphatic heterocycles. The second kappa shape index (κ2) is 3.91. The van der Waals surface area contributed by atoms with E-state index in [1.165, 1.54) is 0 Å². The molecule has 4 nitrogen and oxygen atoms in total. The first-order valence-corrected chi connectivity index (χ1v) is 4.39. The van der Waals surface area contributed by atoms with E-state index in [1.54, 1.807) is 18.7 Å². The maximum absolute atomic E-state index is 4.95. The van der Waals surface area contributed by atoms with Gasteiger partial charge in [-0.2, -0.15) is 0 Å². The van der Waals surface area contributed by atoms with Gasteiger partial charge in [0.1, 0.15) is 0 Å². The third-order valence-electron chi connectivity index (χ3n) is 1.83. The summed E-state index contributed by atoms with van der Waals surface area (Å²) in [6.45, 7) is 2.62. The van der Waals surface area contributed by atoms with E-state index in [4.69, 9.17) is 4.42 Å². The Labute approximate surface area is 82.0 Å². The average molecular weight is 189 g/mol. The molecule has 0 spiro atoms. The van der Waals surface area contributed by atoms with Crippen LogP contribution in [-0.2, 0) is 6.54 Å². The standard InChI is InChI=1S/C10H11N3O/c1-8-2-4-11-10(13-8)12-6-9-3-5-14-7-9/h2-5,7H,6H2,1H3,(H,11,12,13). The first-order valence-electron chi connectivity index (χ1n) is 4.39. The number of anilines is 1. The Kier molecular flexibility index (Phi) is 2.44. The lowest BCUT2D eigenvalue weighted by Gasteiger charge is -2.02. The minimum atomic E-state index is 0.645. The molecule has 72 valence electrons. The van der Waals surface area contributed by atoms with Gasteiger partial charge in [0, 0.05) is 24.0 Å². The summed E-state index contributed by atoms with van der Waals surface area (Å²) >= 11 is 0. The van der Waals surface area contributed by atoms with Gasteiger partial charge in [-0.15, -0.1) is 0 Å². The molecule has 0 amide bonds. The highest BCUT2D eigenvalue weighted by Gasteiger charge is 1.97.